The first-order valence-electron chi connectivity index (χ1n) is 7.02. The summed E-state index contributed by atoms with van der Waals surface area (Å²) in [7, 11) is 0. The second-order valence-corrected chi connectivity index (χ2v) is 5.72. The molecule has 1 aromatic rings. The van der Waals surface area contributed by atoms with Crippen LogP contribution in [0, 0.1) is 17.6 Å². The lowest BCUT2D eigenvalue weighted by molar-refractivity contribution is -0.131. The molecule has 2 aliphatic rings. The van der Waals surface area contributed by atoms with Crippen LogP contribution in [-0.4, -0.2) is 41.4 Å². The maximum Gasteiger partial charge on any atom is 0.243 e. The molecule has 0 atom stereocenters. The van der Waals surface area contributed by atoms with E-state index >= 15 is 0 Å². The molecule has 0 unspecified atom stereocenters. The highest BCUT2D eigenvalue weighted by atomic mass is 19.2. The van der Waals surface area contributed by atoms with Crippen LogP contribution in [0.2, 0.25) is 0 Å². The van der Waals surface area contributed by atoms with Crippen molar-refractivity contribution in [1.29, 1.82) is 0 Å². The van der Waals surface area contributed by atoms with Gasteiger partial charge in [-0.05, 0) is 36.5 Å². The average molecular weight is 294 g/mol. The first-order valence-corrected chi connectivity index (χ1v) is 7.02. The van der Waals surface area contributed by atoms with Crippen molar-refractivity contribution in [3.05, 3.63) is 35.4 Å². The molecule has 0 N–H and O–H groups in total. The summed E-state index contributed by atoms with van der Waals surface area (Å²) >= 11 is 0. The third-order valence-electron chi connectivity index (χ3n) is 3.89. The SMILES string of the molecule is O=C(Cc1ccc(F)c(F)c1)N1CC(=O)N(CC2CC2)C1. The molecule has 0 spiro atoms. The van der Waals surface area contributed by atoms with Crippen LogP contribution < -0.4 is 0 Å². The molecule has 4 nitrogen and oxygen atoms in total. The number of amides is 2. The minimum atomic E-state index is -0.965. The van der Waals surface area contributed by atoms with E-state index in [0.717, 1.165) is 25.0 Å². The zero-order valence-corrected chi connectivity index (χ0v) is 11.5. The molecule has 1 saturated heterocycles. The smallest absolute Gasteiger partial charge is 0.243 e. The minimum Gasteiger partial charge on any atom is -0.323 e. The Hall–Kier alpha value is -1.98. The normalized spacial score (nSPS) is 18.5. The van der Waals surface area contributed by atoms with Crippen molar-refractivity contribution < 1.29 is 18.4 Å². The summed E-state index contributed by atoms with van der Waals surface area (Å²) < 4.78 is 26.0. The Morgan fingerprint density at radius 2 is 2.00 bits per heavy atom. The number of hydrogen-bond donors (Lipinski definition) is 0. The molecular weight excluding hydrogens is 278 g/mol. The molecule has 1 aliphatic heterocycles. The van der Waals surface area contributed by atoms with E-state index < -0.39 is 11.6 Å². The minimum absolute atomic E-state index is 0.0260. The molecule has 6 heteroatoms. The standard InChI is InChI=1S/C15H16F2N2O2/c16-12-4-3-11(5-13(12)17)6-14(20)19-8-15(21)18(9-19)7-10-1-2-10/h3-5,10H,1-2,6-9H2. The van der Waals surface area contributed by atoms with E-state index in [-0.39, 0.29) is 24.8 Å². The largest absolute Gasteiger partial charge is 0.323 e. The van der Waals surface area contributed by atoms with Crippen LogP contribution >= 0.6 is 0 Å². The highest BCUT2D eigenvalue weighted by Crippen LogP contribution is 2.30. The van der Waals surface area contributed by atoms with Crippen molar-refractivity contribution in [1.82, 2.24) is 9.80 Å². The average Bonchev–Trinajstić information content (AvgIpc) is 3.17. The molecule has 1 heterocycles. The fourth-order valence-corrected chi connectivity index (χ4v) is 2.47. The van der Waals surface area contributed by atoms with Gasteiger partial charge in [0.25, 0.3) is 0 Å². The molecule has 21 heavy (non-hydrogen) atoms. The number of halogens is 2. The molecule has 1 aromatic carbocycles. The van der Waals surface area contributed by atoms with Crippen molar-refractivity contribution in [2.75, 3.05) is 19.8 Å². The summed E-state index contributed by atoms with van der Waals surface area (Å²) in [6, 6.07) is 3.41. The van der Waals surface area contributed by atoms with Crippen LogP contribution in [0.1, 0.15) is 18.4 Å². The van der Waals surface area contributed by atoms with Crippen molar-refractivity contribution in [2.24, 2.45) is 5.92 Å². The number of hydrogen-bond acceptors (Lipinski definition) is 2. The lowest BCUT2D eigenvalue weighted by Crippen LogP contribution is -2.33. The van der Waals surface area contributed by atoms with E-state index in [4.69, 9.17) is 0 Å². The van der Waals surface area contributed by atoms with E-state index in [1.54, 1.807) is 4.90 Å². The first kappa shape index (κ1) is 14.0. The molecule has 2 amide bonds. The van der Waals surface area contributed by atoms with Crippen LogP contribution in [0.3, 0.4) is 0 Å². The number of carbonyl (C=O) groups is 2. The summed E-state index contributed by atoms with van der Waals surface area (Å²) in [6.45, 7) is 1.10. The van der Waals surface area contributed by atoms with Gasteiger partial charge in [-0.15, -0.1) is 0 Å². The second-order valence-electron chi connectivity index (χ2n) is 5.72. The highest BCUT2D eigenvalue weighted by molar-refractivity contribution is 5.88. The summed E-state index contributed by atoms with van der Waals surface area (Å²) in [5.41, 5.74) is 0.409. The van der Waals surface area contributed by atoms with Crippen molar-refractivity contribution >= 4 is 11.8 Å². The van der Waals surface area contributed by atoms with Gasteiger partial charge in [-0.2, -0.15) is 0 Å². The third kappa shape index (κ3) is 3.20. The molecule has 3 rings (SSSR count). The summed E-state index contributed by atoms with van der Waals surface area (Å²) in [5.74, 6) is -1.60. The van der Waals surface area contributed by atoms with E-state index in [9.17, 15) is 18.4 Å². The second kappa shape index (κ2) is 5.42. The Morgan fingerprint density at radius 1 is 1.24 bits per heavy atom. The molecule has 2 fully saturated rings. The molecule has 1 saturated carbocycles. The van der Waals surface area contributed by atoms with Gasteiger partial charge in [-0.3, -0.25) is 9.59 Å². The van der Waals surface area contributed by atoms with Gasteiger partial charge < -0.3 is 9.80 Å². The van der Waals surface area contributed by atoms with Gasteiger partial charge in [0.15, 0.2) is 11.6 Å². The molecule has 0 aromatic heterocycles. The van der Waals surface area contributed by atoms with Crippen molar-refractivity contribution in [2.45, 2.75) is 19.3 Å². The topological polar surface area (TPSA) is 40.6 Å². The monoisotopic (exact) mass is 294 g/mol. The fourth-order valence-electron chi connectivity index (χ4n) is 2.47. The van der Waals surface area contributed by atoms with Gasteiger partial charge in [0.1, 0.15) is 6.54 Å². The van der Waals surface area contributed by atoms with Gasteiger partial charge in [-0.25, -0.2) is 8.78 Å². The maximum absolute atomic E-state index is 13.1. The molecule has 0 bridgehead atoms. The first-order chi connectivity index (χ1) is 10.0. The third-order valence-corrected chi connectivity index (χ3v) is 3.89. The lowest BCUT2D eigenvalue weighted by Gasteiger charge is -2.18. The molecule has 1 aliphatic carbocycles. The summed E-state index contributed by atoms with van der Waals surface area (Å²) in [5, 5.41) is 0. The summed E-state index contributed by atoms with van der Waals surface area (Å²) in [4.78, 5) is 27.1. The highest BCUT2D eigenvalue weighted by Gasteiger charge is 2.34. The van der Waals surface area contributed by atoms with Gasteiger partial charge in [0, 0.05) is 6.54 Å². The van der Waals surface area contributed by atoms with Gasteiger partial charge in [0.05, 0.1) is 13.1 Å². The number of rotatable bonds is 4. The van der Waals surface area contributed by atoms with Crippen LogP contribution in [0.4, 0.5) is 8.78 Å². The van der Waals surface area contributed by atoms with Crippen LogP contribution in [0.25, 0.3) is 0 Å². The van der Waals surface area contributed by atoms with E-state index in [1.807, 2.05) is 0 Å². The molecule has 112 valence electrons. The Morgan fingerprint density at radius 3 is 2.67 bits per heavy atom. The zero-order chi connectivity index (χ0) is 15.0. The quantitative estimate of drug-likeness (QED) is 0.845. The maximum atomic E-state index is 13.1. The predicted molar refractivity (Wildman–Crippen MR) is 71.1 cm³/mol. The van der Waals surface area contributed by atoms with E-state index in [2.05, 4.69) is 0 Å². The Kier molecular flexibility index (Phi) is 3.61. The number of nitrogens with zero attached hydrogens (tertiary/aromatic N) is 2. The Bertz CT molecular complexity index is 587. The van der Waals surface area contributed by atoms with Crippen LogP contribution in [0.5, 0.6) is 0 Å². The number of benzene rings is 1. The van der Waals surface area contributed by atoms with Gasteiger partial charge in [0.2, 0.25) is 11.8 Å². The van der Waals surface area contributed by atoms with Crippen LogP contribution in [-0.2, 0) is 16.0 Å². The van der Waals surface area contributed by atoms with Crippen molar-refractivity contribution in [3.63, 3.8) is 0 Å². The fraction of sp³-hybridized carbons (Fsp3) is 0.467. The number of carbonyl (C=O) groups excluding carboxylic acids is 2. The lowest BCUT2D eigenvalue weighted by atomic mass is 10.1. The molecular formula is C15H16F2N2O2. The predicted octanol–water partition coefficient (Wildman–Crippen LogP) is 1.55. The zero-order valence-electron chi connectivity index (χ0n) is 11.5. The van der Waals surface area contributed by atoms with Gasteiger partial charge >= 0.3 is 0 Å². The van der Waals surface area contributed by atoms with E-state index in [1.165, 1.54) is 11.0 Å². The van der Waals surface area contributed by atoms with Crippen molar-refractivity contribution in [3.8, 4) is 0 Å². The Labute approximate surface area is 121 Å². The van der Waals surface area contributed by atoms with E-state index in [0.29, 0.717) is 24.7 Å². The molecule has 0 radical (unpaired) electrons. The Balaban J connectivity index is 1.60. The van der Waals surface area contributed by atoms with Gasteiger partial charge in [-0.1, -0.05) is 6.07 Å². The summed E-state index contributed by atoms with van der Waals surface area (Å²) in [6.07, 6.45) is 2.26. The van der Waals surface area contributed by atoms with Crippen LogP contribution in [0.15, 0.2) is 18.2 Å².